The molecule has 0 radical (unpaired) electrons. The zero-order chi connectivity index (χ0) is 14.0. The molecule has 0 saturated heterocycles. The highest BCUT2D eigenvalue weighted by atomic mass is 16.6. The average molecular weight is 262 g/mol. The zero-order valence-corrected chi connectivity index (χ0v) is 10.0. The molecule has 0 fully saturated rings. The minimum Gasteiger partial charge on any atom is -0.463 e. The normalized spacial score (nSPS) is 15.0. The number of nitrogens with one attached hydrogen (secondary N) is 1. The summed E-state index contributed by atoms with van der Waals surface area (Å²) in [5.74, 6) is -1.14. The predicted octanol–water partition coefficient (Wildman–Crippen LogP) is 1.49. The largest absolute Gasteiger partial charge is 0.463 e. The van der Waals surface area contributed by atoms with E-state index in [1.54, 1.807) is 6.92 Å². The van der Waals surface area contributed by atoms with Gasteiger partial charge in [-0.2, -0.15) is 0 Å². The first-order chi connectivity index (χ1) is 9.02. The highest BCUT2D eigenvalue weighted by Crippen LogP contribution is 2.34. The topological polar surface area (TPSA) is 98.5 Å². The van der Waals surface area contributed by atoms with Gasteiger partial charge in [-0.3, -0.25) is 14.9 Å². The molecule has 0 aromatic heterocycles. The molecule has 7 nitrogen and oxygen atoms in total. The molecule has 7 heteroatoms. The molecular weight excluding hydrogens is 252 g/mol. The number of esters is 1. The fourth-order valence-corrected chi connectivity index (χ4v) is 1.73. The predicted molar refractivity (Wildman–Crippen MR) is 66.3 cm³/mol. The smallest absolute Gasteiger partial charge is 0.331 e. The van der Waals surface area contributed by atoms with Gasteiger partial charge in [-0.05, 0) is 13.0 Å². The van der Waals surface area contributed by atoms with E-state index in [2.05, 4.69) is 5.32 Å². The summed E-state index contributed by atoms with van der Waals surface area (Å²) in [5.41, 5.74) is 0.681. The summed E-state index contributed by atoms with van der Waals surface area (Å²) < 4.78 is 4.72. The van der Waals surface area contributed by atoms with Gasteiger partial charge in [0.25, 0.3) is 11.6 Å². The Hall–Kier alpha value is -2.70. The molecule has 0 atom stereocenters. The summed E-state index contributed by atoms with van der Waals surface area (Å²) in [7, 11) is 0. The fraction of sp³-hybridized carbons (Fsp3) is 0.167. The van der Waals surface area contributed by atoms with Crippen LogP contribution in [0.4, 0.5) is 11.4 Å². The van der Waals surface area contributed by atoms with Crippen LogP contribution in [0.3, 0.4) is 0 Å². The van der Waals surface area contributed by atoms with Crippen LogP contribution in [-0.4, -0.2) is 23.4 Å². The number of fused-ring (bicyclic) bond motifs is 1. The molecule has 1 aromatic rings. The molecule has 1 aliphatic heterocycles. The van der Waals surface area contributed by atoms with Gasteiger partial charge in [0.2, 0.25) is 0 Å². The molecule has 1 amide bonds. The van der Waals surface area contributed by atoms with Crippen LogP contribution < -0.4 is 5.32 Å². The molecule has 1 aliphatic rings. The second-order valence-corrected chi connectivity index (χ2v) is 3.75. The number of anilines is 1. The number of carbonyl (C=O) groups excluding carboxylic acids is 2. The van der Waals surface area contributed by atoms with Gasteiger partial charge < -0.3 is 10.1 Å². The Kier molecular flexibility index (Phi) is 3.28. The third-order valence-electron chi connectivity index (χ3n) is 2.55. The van der Waals surface area contributed by atoms with Crippen molar-refractivity contribution in [1.82, 2.24) is 0 Å². The van der Waals surface area contributed by atoms with Crippen LogP contribution >= 0.6 is 0 Å². The van der Waals surface area contributed by atoms with Crippen LogP contribution in [0.1, 0.15) is 12.5 Å². The minimum atomic E-state index is -0.660. The lowest BCUT2D eigenvalue weighted by Gasteiger charge is -1.99. The van der Waals surface area contributed by atoms with E-state index in [0.29, 0.717) is 11.3 Å². The van der Waals surface area contributed by atoms with E-state index >= 15 is 0 Å². The van der Waals surface area contributed by atoms with Crippen molar-refractivity contribution >= 4 is 28.8 Å². The van der Waals surface area contributed by atoms with Crippen LogP contribution in [0.2, 0.25) is 0 Å². The van der Waals surface area contributed by atoms with Crippen molar-refractivity contribution in [2.75, 3.05) is 11.9 Å². The number of nitrogens with zero attached hydrogens (tertiary/aromatic N) is 1. The van der Waals surface area contributed by atoms with Crippen molar-refractivity contribution in [1.29, 1.82) is 0 Å². The minimum absolute atomic E-state index is 0.0668. The summed E-state index contributed by atoms with van der Waals surface area (Å²) in [4.78, 5) is 33.2. The maximum Gasteiger partial charge on any atom is 0.331 e. The van der Waals surface area contributed by atoms with Gasteiger partial charge in [-0.1, -0.05) is 0 Å². The van der Waals surface area contributed by atoms with E-state index in [9.17, 15) is 19.7 Å². The molecule has 2 rings (SSSR count). The lowest BCUT2D eigenvalue weighted by atomic mass is 10.1. The van der Waals surface area contributed by atoms with Gasteiger partial charge in [-0.25, -0.2) is 4.79 Å². The third-order valence-corrected chi connectivity index (χ3v) is 2.55. The summed E-state index contributed by atoms with van der Waals surface area (Å²) in [6, 6.07) is 3.96. The molecule has 1 aromatic carbocycles. The van der Waals surface area contributed by atoms with E-state index in [0.717, 1.165) is 6.08 Å². The highest BCUT2D eigenvalue weighted by molar-refractivity contribution is 6.33. The first-order valence-electron chi connectivity index (χ1n) is 5.51. The van der Waals surface area contributed by atoms with E-state index in [4.69, 9.17) is 4.74 Å². The number of non-ortho nitro benzene ring substituents is 1. The van der Waals surface area contributed by atoms with E-state index in [-0.39, 0.29) is 17.9 Å². The van der Waals surface area contributed by atoms with Crippen molar-refractivity contribution in [2.24, 2.45) is 0 Å². The van der Waals surface area contributed by atoms with E-state index in [1.807, 2.05) is 0 Å². The third kappa shape index (κ3) is 2.44. The number of hydrogen-bond acceptors (Lipinski definition) is 5. The highest BCUT2D eigenvalue weighted by Gasteiger charge is 2.27. The second kappa shape index (κ2) is 4.89. The Balaban J connectivity index is 2.44. The maximum atomic E-state index is 11.7. The zero-order valence-electron chi connectivity index (χ0n) is 10.0. The van der Waals surface area contributed by atoms with Gasteiger partial charge >= 0.3 is 5.97 Å². The molecular formula is C12H10N2O5. The van der Waals surface area contributed by atoms with E-state index in [1.165, 1.54) is 18.2 Å². The number of amides is 1. The summed E-state index contributed by atoms with van der Waals surface area (Å²) >= 11 is 0. The standard InChI is InChI=1S/C12H10N2O5/c1-2-19-11(15)6-9-8-5-7(14(17)18)3-4-10(8)13-12(9)16/h3-6H,2H2,1H3,(H,13,16). The van der Waals surface area contributed by atoms with Crippen molar-refractivity contribution in [3.05, 3.63) is 40.0 Å². The molecule has 0 saturated carbocycles. The average Bonchev–Trinajstić information content (AvgIpc) is 2.65. The van der Waals surface area contributed by atoms with Gasteiger partial charge in [0.1, 0.15) is 0 Å². The molecule has 0 bridgehead atoms. The Morgan fingerprint density at radius 2 is 2.26 bits per heavy atom. The number of carbonyl (C=O) groups is 2. The first kappa shape index (κ1) is 12.7. The first-order valence-corrected chi connectivity index (χ1v) is 5.51. The molecule has 98 valence electrons. The van der Waals surface area contributed by atoms with Crippen molar-refractivity contribution in [3.63, 3.8) is 0 Å². The van der Waals surface area contributed by atoms with Crippen molar-refractivity contribution in [2.45, 2.75) is 6.92 Å². The molecule has 0 aliphatic carbocycles. The summed E-state index contributed by atoms with van der Waals surface area (Å²) in [5, 5.41) is 13.2. The van der Waals surface area contributed by atoms with E-state index < -0.39 is 16.8 Å². The van der Waals surface area contributed by atoms with Crippen LogP contribution in [0.25, 0.3) is 5.57 Å². The monoisotopic (exact) mass is 262 g/mol. The molecule has 1 N–H and O–H groups in total. The molecule has 0 unspecified atom stereocenters. The molecule has 0 spiro atoms. The van der Waals surface area contributed by atoms with Gasteiger partial charge in [0, 0.05) is 29.5 Å². The molecule has 1 heterocycles. The number of hydrogen-bond donors (Lipinski definition) is 1. The Morgan fingerprint density at radius 1 is 1.53 bits per heavy atom. The van der Waals surface area contributed by atoms with Crippen LogP contribution in [0, 0.1) is 10.1 Å². The Bertz CT molecular complexity index is 606. The summed E-state index contributed by atoms with van der Waals surface area (Å²) in [6.07, 6.45) is 1.04. The summed E-state index contributed by atoms with van der Waals surface area (Å²) in [6.45, 7) is 1.83. The van der Waals surface area contributed by atoms with Gasteiger partial charge in [0.05, 0.1) is 17.1 Å². The second-order valence-electron chi connectivity index (χ2n) is 3.75. The van der Waals surface area contributed by atoms with Crippen molar-refractivity contribution < 1.29 is 19.2 Å². The fourth-order valence-electron chi connectivity index (χ4n) is 1.73. The van der Waals surface area contributed by atoms with Crippen LogP contribution in [0.5, 0.6) is 0 Å². The number of ether oxygens (including phenoxy) is 1. The van der Waals surface area contributed by atoms with Gasteiger partial charge in [0.15, 0.2) is 0 Å². The number of rotatable bonds is 3. The number of benzene rings is 1. The van der Waals surface area contributed by atoms with Gasteiger partial charge in [-0.15, -0.1) is 0 Å². The Morgan fingerprint density at radius 3 is 2.89 bits per heavy atom. The van der Waals surface area contributed by atoms with Crippen LogP contribution in [-0.2, 0) is 14.3 Å². The maximum absolute atomic E-state index is 11.7. The number of nitro benzene ring substituents is 1. The quantitative estimate of drug-likeness (QED) is 0.385. The molecule has 19 heavy (non-hydrogen) atoms. The van der Waals surface area contributed by atoms with Crippen molar-refractivity contribution in [3.8, 4) is 0 Å². The SMILES string of the molecule is CCOC(=O)C=C1C(=O)Nc2ccc([N+](=O)[O-])cc21. The number of nitro groups is 1. The Labute approximate surface area is 108 Å². The lowest BCUT2D eigenvalue weighted by Crippen LogP contribution is -2.07. The lowest BCUT2D eigenvalue weighted by molar-refractivity contribution is -0.384. The van der Waals surface area contributed by atoms with Crippen LogP contribution in [0.15, 0.2) is 24.3 Å².